The molecule has 96 valence electrons. The number of carboxylic acids is 1. The fourth-order valence-corrected chi connectivity index (χ4v) is 2.12. The molecule has 0 spiro atoms. The molecule has 1 aromatic carbocycles. The van der Waals surface area contributed by atoms with Crippen molar-refractivity contribution in [3.8, 4) is 0 Å². The fourth-order valence-electron chi connectivity index (χ4n) is 1.93. The van der Waals surface area contributed by atoms with Crippen molar-refractivity contribution in [2.45, 2.75) is 25.3 Å². The summed E-state index contributed by atoms with van der Waals surface area (Å²) >= 11 is 5.80. The molecule has 1 unspecified atom stereocenters. The lowest BCUT2D eigenvalue weighted by molar-refractivity contribution is -0.144. The van der Waals surface area contributed by atoms with Crippen molar-refractivity contribution in [2.75, 3.05) is 0 Å². The van der Waals surface area contributed by atoms with Gasteiger partial charge in [-0.15, -0.1) is 0 Å². The lowest BCUT2D eigenvalue weighted by Gasteiger charge is -2.26. The zero-order chi connectivity index (χ0) is 13.3. The van der Waals surface area contributed by atoms with E-state index in [9.17, 15) is 14.7 Å². The molecular formula is C13H14ClNO3. The zero-order valence-electron chi connectivity index (χ0n) is 9.94. The third-order valence-electron chi connectivity index (χ3n) is 3.30. The summed E-state index contributed by atoms with van der Waals surface area (Å²) in [4.78, 5) is 23.3. The van der Waals surface area contributed by atoms with Gasteiger partial charge >= 0.3 is 5.97 Å². The van der Waals surface area contributed by atoms with Crippen molar-refractivity contribution in [1.82, 2.24) is 5.32 Å². The van der Waals surface area contributed by atoms with E-state index in [1.54, 1.807) is 25.1 Å². The van der Waals surface area contributed by atoms with Gasteiger partial charge in [0.05, 0.1) is 0 Å². The Hall–Kier alpha value is -1.55. The van der Waals surface area contributed by atoms with Gasteiger partial charge in [-0.05, 0) is 43.9 Å². The van der Waals surface area contributed by atoms with E-state index in [2.05, 4.69) is 5.32 Å². The van der Waals surface area contributed by atoms with Crippen LogP contribution in [0.25, 0.3) is 0 Å². The first-order valence-electron chi connectivity index (χ1n) is 5.75. The molecular weight excluding hydrogens is 254 g/mol. The quantitative estimate of drug-likeness (QED) is 0.880. The first-order valence-corrected chi connectivity index (χ1v) is 6.13. The number of halogens is 1. The van der Waals surface area contributed by atoms with Crippen molar-refractivity contribution in [2.24, 2.45) is 5.92 Å². The number of carbonyl (C=O) groups is 2. The van der Waals surface area contributed by atoms with Gasteiger partial charge in [0, 0.05) is 10.6 Å². The molecule has 5 heteroatoms. The van der Waals surface area contributed by atoms with Gasteiger partial charge < -0.3 is 10.4 Å². The summed E-state index contributed by atoms with van der Waals surface area (Å²) in [7, 11) is 0. The SMILES string of the molecule is CC(NC(=O)c1cccc(Cl)c1)(C(=O)O)C1CC1. The summed E-state index contributed by atoms with van der Waals surface area (Å²) in [5.41, 5.74) is -0.824. The minimum Gasteiger partial charge on any atom is -0.480 e. The molecule has 1 saturated carbocycles. The van der Waals surface area contributed by atoms with Crippen LogP contribution in [0.4, 0.5) is 0 Å². The van der Waals surface area contributed by atoms with E-state index in [1.165, 1.54) is 6.07 Å². The van der Waals surface area contributed by atoms with Crippen LogP contribution in [0.2, 0.25) is 5.02 Å². The predicted molar refractivity (Wildman–Crippen MR) is 67.7 cm³/mol. The van der Waals surface area contributed by atoms with Crippen LogP contribution in [0.3, 0.4) is 0 Å². The van der Waals surface area contributed by atoms with Gasteiger partial charge in [0.2, 0.25) is 0 Å². The molecule has 0 aliphatic heterocycles. The Morgan fingerprint density at radius 2 is 2.11 bits per heavy atom. The van der Waals surface area contributed by atoms with Crippen molar-refractivity contribution in [3.63, 3.8) is 0 Å². The molecule has 1 amide bonds. The summed E-state index contributed by atoms with van der Waals surface area (Å²) in [5, 5.41) is 12.3. The van der Waals surface area contributed by atoms with Crippen LogP contribution in [0.5, 0.6) is 0 Å². The topological polar surface area (TPSA) is 66.4 Å². The number of carbonyl (C=O) groups excluding carboxylic acids is 1. The second kappa shape index (κ2) is 4.61. The average molecular weight is 268 g/mol. The standard InChI is InChI=1S/C13H14ClNO3/c1-13(12(17)18,9-5-6-9)15-11(16)8-3-2-4-10(14)7-8/h2-4,7,9H,5-6H2,1H3,(H,15,16)(H,17,18). The highest BCUT2D eigenvalue weighted by Crippen LogP contribution is 2.39. The van der Waals surface area contributed by atoms with E-state index in [4.69, 9.17) is 11.6 Å². The molecule has 1 aromatic rings. The fraction of sp³-hybridized carbons (Fsp3) is 0.385. The monoisotopic (exact) mass is 267 g/mol. The molecule has 4 nitrogen and oxygen atoms in total. The Morgan fingerprint density at radius 1 is 1.44 bits per heavy atom. The summed E-state index contributed by atoms with van der Waals surface area (Å²) in [5.74, 6) is -1.40. The largest absolute Gasteiger partial charge is 0.480 e. The highest BCUT2D eigenvalue weighted by Gasteiger charge is 2.48. The maximum Gasteiger partial charge on any atom is 0.329 e. The Labute approximate surface area is 110 Å². The second-order valence-electron chi connectivity index (χ2n) is 4.75. The van der Waals surface area contributed by atoms with E-state index < -0.39 is 17.4 Å². The number of hydrogen-bond donors (Lipinski definition) is 2. The van der Waals surface area contributed by atoms with E-state index in [-0.39, 0.29) is 5.92 Å². The smallest absolute Gasteiger partial charge is 0.329 e. The van der Waals surface area contributed by atoms with Crippen LogP contribution < -0.4 is 5.32 Å². The van der Waals surface area contributed by atoms with Gasteiger partial charge in [0.15, 0.2) is 0 Å². The molecule has 1 fully saturated rings. The molecule has 0 aromatic heterocycles. The number of amides is 1. The van der Waals surface area contributed by atoms with Gasteiger partial charge in [-0.2, -0.15) is 0 Å². The number of nitrogens with one attached hydrogen (secondary N) is 1. The Morgan fingerprint density at radius 3 is 2.61 bits per heavy atom. The van der Waals surface area contributed by atoms with Crippen LogP contribution in [0.1, 0.15) is 30.1 Å². The average Bonchev–Trinajstić information content (AvgIpc) is 3.12. The maximum atomic E-state index is 12.0. The van der Waals surface area contributed by atoms with Gasteiger partial charge in [0.25, 0.3) is 5.91 Å². The Bertz CT molecular complexity index is 499. The summed E-state index contributed by atoms with van der Waals surface area (Å²) < 4.78 is 0. The van der Waals surface area contributed by atoms with Crippen molar-refractivity contribution < 1.29 is 14.7 Å². The molecule has 1 atom stereocenters. The van der Waals surface area contributed by atoms with Crippen molar-refractivity contribution >= 4 is 23.5 Å². The maximum absolute atomic E-state index is 12.0. The van der Waals surface area contributed by atoms with Crippen LogP contribution in [0, 0.1) is 5.92 Å². The minimum absolute atomic E-state index is 0.0122. The molecule has 2 N–H and O–H groups in total. The number of rotatable bonds is 4. The first-order chi connectivity index (χ1) is 8.43. The molecule has 0 bridgehead atoms. The normalized spacial score (nSPS) is 17.9. The minimum atomic E-state index is -1.20. The second-order valence-corrected chi connectivity index (χ2v) is 5.18. The third-order valence-corrected chi connectivity index (χ3v) is 3.53. The number of hydrogen-bond acceptors (Lipinski definition) is 2. The van der Waals surface area contributed by atoms with E-state index in [1.807, 2.05) is 0 Å². The van der Waals surface area contributed by atoms with Crippen LogP contribution in [0.15, 0.2) is 24.3 Å². The molecule has 1 aliphatic carbocycles. The van der Waals surface area contributed by atoms with E-state index in [0.717, 1.165) is 12.8 Å². The number of benzene rings is 1. The van der Waals surface area contributed by atoms with Gasteiger partial charge in [0.1, 0.15) is 5.54 Å². The Kier molecular flexibility index (Phi) is 3.30. The lowest BCUT2D eigenvalue weighted by Crippen LogP contribution is -2.54. The lowest BCUT2D eigenvalue weighted by atomic mass is 9.95. The predicted octanol–water partition coefficient (Wildman–Crippen LogP) is 2.32. The van der Waals surface area contributed by atoms with Crippen LogP contribution in [-0.4, -0.2) is 22.5 Å². The van der Waals surface area contributed by atoms with Crippen molar-refractivity contribution in [1.29, 1.82) is 0 Å². The summed E-state index contributed by atoms with van der Waals surface area (Å²) in [6.07, 6.45) is 1.66. The van der Waals surface area contributed by atoms with Crippen molar-refractivity contribution in [3.05, 3.63) is 34.9 Å². The van der Waals surface area contributed by atoms with Crippen LogP contribution >= 0.6 is 11.6 Å². The highest BCUT2D eigenvalue weighted by atomic mass is 35.5. The van der Waals surface area contributed by atoms with Gasteiger partial charge in [-0.3, -0.25) is 4.79 Å². The summed E-state index contributed by atoms with van der Waals surface area (Å²) in [6.45, 7) is 1.55. The molecule has 2 rings (SSSR count). The van der Waals surface area contributed by atoms with Crippen LogP contribution in [-0.2, 0) is 4.79 Å². The molecule has 0 radical (unpaired) electrons. The Balaban J connectivity index is 2.17. The molecule has 0 saturated heterocycles. The van der Waals surface area contributed by atoms with Gasteiger partial charge in [-0.1, -0.05) is 17.7 Å². The number of carboxylic acid groups (broad SMARTS) is 1. The zero-order valence-corrected chi connectivity index (χ0v) is 10.7. The molecule has 18 heavy (non-hydrogen) atoms. The summed E-state index contributed by atoms with van der Waals surface area (Å²) in [6, 6.07) is 6.45. The van der Waals surface area contributed by atoms with Gasteiger partial charge in [-0.25, -0.2) is 4.79 Å². The molecule has 1 aliphatic rings. The highest BCUT2D eigenvalue weighted by molar-refractivity contribution is 6.31. The van der Waals surface area contributed by atoms with E-state index in [0.29, 0.717) is 10.6 Å². The third kappa shape index (κ3) is 2.48. The molecule has 0 heterocycles. The van der Waals surface area contributed by atoms with E-state index >= 15 is 0 Å². The first kappa shape index (κ1) is 12.9. The number of aliphatic carboxylic acids is 1.